The SMILES string of the molecule is NC(=O)c1ccccc1C1=CN=Cc2ccccc2S1. The second-order valence-corrected chi connectivity index (χ2v) is 5.41. The molecule has 0 saturated heterocycles. The molecule has 0 aromatic heterocycles. The van der Waals surface area contributed by atoms with Gasteiger partial charge in [0.05, 0.1) is 0 Å². The third kappa shape index (κ3) is 2.38. The number of hydrogen-bond donors (Lipinski definition) is 1. The van der Waals surface area contributed by atoms with Crippen LogP contribution in [0.25, 0.3) is 4.91 Å². The molecule has 2 aromatic rings. The fraction of sp³-hybridized carbons (Fsp3) is 0. The topological polar surface area (TPSA) is 55.5 Å². The smallest absolute Gasteiger partial charge is 0.249 e. The Kier molecular flexibility index (Phi) is 3.39. The van der Waals surface area contributed by atoms with E-state index in [1.54, 1.807) is 24.0 Å². The predicted octanol–water partition coefficient (Wildman–Crippen LogP) is 3.31. The summed E-state index contributed by atoms with van der Waals surface area (Å²) in [6.07, 6.45) is 3.59. The maximum absolute atomic E-state index is 11.5. The van der Waals surface area contributed by atoms with Gasteiger partial charge < -0.3 is 5.73 Å². The zero-order chi connectivity index (χ0) is 13.9. The van der Waals surface area contributed by atoms with Gasteiger partial charge in [0, 0.05) is 38.9 Å². The zero-order valence-corrected chi connectivity index (χ0v) is 11.4. The van der Waals surface area contributed by atoms with Crippen LogP contribution in [-0.2, 0) is 0 Å². The molecule has 0 atom stereocenters. The molecule has 20 heavy (non-hydrogen) atoms. The Bertz CT molecular complexity index is 735. The first-order chi connectivity index (χ1) is 9.75. The lowest BCUT2D eigenvalue weighted by Gasteiger charge is -2.10. The van der Waals surface area contributed by atoms with Crippen LogP contribution in [0, 0.1) is 0 Å². The van der Waals surface area contributed by atoms with Crippen molar-refractivity contribution >= 4 is 28.8 Å². The van der Waals surface area contributed by atoms with Crippen molar-refractivity contribution in [1.29, 1.82) is 0 Å². The van der Waals surface area contributed by atoms with Crippen molar-refractivity contribution in [3.05, 3.63) is 71.4 Å². The Morgan fingerprint density at radius 3 is 2.65 bits per heavy atom. The summed E-state index contributed by atoms with van der Waals surface area (Å²) in [6.45, 7) is 0. The van der Waals surface area contributed by atoms with Crippen LogP contribution in [0.3, 0.4) is 0 Å². The third-order valence-corrected chi connectivity index (χ3v) is 4.14. The molecular weight excluding hydrogens is 268 g/mol. The van der Waals surface area contributed by atoms with Gasteiger partial charge in [-0.15, -0.1) is 0 Å². The van der Waals surface area contributed by atoms with Crippen LogP contribution in [0.4, 0.5) is 0 Å². The molecule has 1 aliphatic rings. The molecular formula is C16H12N2OS. The molecule has 0 radical (unpaired) electrons. The summed E-state index contributed by atoms with van der Waals surface area (Å²) in [4.78, 5) is 17.9. The quantitative estimate of drug-likeness (QED) is 0.917. The molecule has 0 unspecified atom stereocenters. The normalized spacial score (nSPS) is 13.3. The van der Waals surface area contributed by atoms with Crippen molar-refractivity contribution in [1.82, 2.24) is 0 Å². The number of nitrogens with two attached hydrogens (primary N) is 1. The summed E-state index contributed by atoms with van der Waals surface area (Å²) in [5.74, 6) is -0.427. The van der Waals surface area contributed by atoms with Crippen LogP contribution < -0.4 is 5.73 Å². The monoisotopic (exact) mass is 280 g/mol. The molecule has 0 spiro atoms. The predicted molar refractivity (Wildman–Crippen MR) is 82.8 cm³/mol. The Labute approximate surface area is 121 Å². The molecule has 2 aromatic carbocycles. The van der Waals surface area contributed by atoms with Gasteiger partial charge in [0.25, 0.3) is 0 Å². The van der Waals surface area contributed by atoms with Crippen LogP contribution in [0.15, 0.2) is 64.6 Å². The van der Waals surface area contributed by atoms with E-state index in [-0.39, 0.29) is 0 Å². The first kappa shape index (κ1) is 12.7. The second kappa shape index (κ2) is 5.35. The van der Waals surface area contributed by atoms with Crippen molar-refractivity contribution in [3.63, 3.8) is 0 Å². The standard InChI is InChI=1S/C16H12N2OS/c17-16(19)13-7-3-2-6-12(13)15-10-18-9-11-5-1-4-8-14(11)20-15/h1-10H,(H2,17,19). The summed E-state index contributed by atoms with van der Waals surface area (Å²) in [5.41, 5.74) is 7.84. The van der Waals surface area contributed by atoms with Crippen molar-refractivity contribution in [3.8, 4) is 0 Å². The molecule has 98 valence electrons. The van der Waals surface area contributed by atoms with Crippen molar-refractivity contribution in [2.45, 2.75) is 4.90 Å². The maximum atomic E-state index is 11.5. The molecule has 0 bridgehead atoms. The van der Waals surface area contributed by atoms with E-state index in [0.29, 0.717) is 5.56 Å². The minimum Gasteiger partial charge on any atom is -0.366 e. The van der Waals surface area contributed by atoms with Crippen LogP contribution in [0.1, 0.15) is 21.5 Å². The fourth-order valence-electron chi connectivity index (χ4n) is 2.05. The van der Waals surface area contributed by atoms with E-state index in [2.05, 4.69) is 4.99 Å². The summed E-state index contributed by atoms with van der Waals surface area (Å²) < 4.78 is 0. The molecule has 1 heterocycles. The summed E-state index contributed by atoms with van der Waals surface area (Å²) in [7, 11) is 0. The molecule has 3 rings (SSSR count). The lowest BCUT2D eigenvalue weighted by Crippen LogP contribution is -2.13. The highest BCUT2D eigenvalue weighted by Crippen LogP contribution is 2.38. The van der Waals surface area contributed by atoms with Gasteiger partial charge in [0.1, 0.15) is 0 Å². The van der Waals surface area contributed by atoms with E-state index < -0.39 is 5.91 Å². The Balaban J connectivity index is 2.07. The number of rotatable bonds is 2. The lowest BCUT2D eigenvalue weighted by atomic mass is 10.1. The van der Waals surface area contributed by atoms with Crippen LogP contribution in [-0.4, -0.2) is 12.1 Å². The molecule has 4 heteroatoms. The van der Waals surface area contributed by atoms with E-state index in [0.717, 1.165) is 20.9 Å². The van der Waals surface area contributed by atoms with Gasteiger partial charge in [0.2, 0.25) is 5.91 Å². The number of benzene rings is 2. The van der Waals surface area contributed by atoms with Gasteiger partial charge in [-0.3, -0.25) is 9.79 Å². The van der Waals surface area contributed by atoms with Gasteiger partial charge in [-0.25, -0.2) is 0 Å². The number of carbonyl (C=O) groups is 1. The van der Waals surface area contributed by atoms with E-state index in [1.807, 2.05) is 48.7 Å². The lowest BCUT2D eigenvalue weighted by molar-refractivity contribution is 0.1000. The number of amides is 1. The van der Waals surface area contributed by atoms with Crippen LogP contribution in [0.2, 0.25) is 0 Å². The zero-order valence-electron chi connectivity index (χ0n) is 10.6. The highest BCUT2D eigenvalue weighted by molar-refractivity contribution is 8.08. The third-order valence-electron chi connectivity index (χ3n) is 3.00. The van der Waals surface area contributed by atoms with Gasteiger partial charge >= 0.3 is 0 Å². The maximum Gasteiger partial charge on any atom is 0.249 e. The number of nitrogens with zero attached hydrogens (tertiary/aromatic N) is 1. The number of thioether (sulfide) groups is 1. The van der Waals surface area contributed by atoms with Gasteiger partial charge in [-0.1, -0.05) is 48.2 Å². The molecule has 2 N–H and O–H groups in total. The van der Waals surface area contributed by atoms with E-state index in [9.17, 15) is 4.79 Å². The molecule has 0 fully saturated rings. The number of carbonyl (C=O) groups excluding carboxylic acids is 1. The average Bonchev–Trinajstić information content (AvgIpc) is 2.69. The number of hydrogen-bond acceptors (Lipinski definition) is 3. The Morgan fingerprint density at radius 1 is 1.05 bits per heavy atom. The summed E-state index contributed by atoms with van der Waals surface area (Å²) in [6, 6.07) is 15.4. The highest BCUT2D eigenvalue weighted by atomic mass is 32.2. The minimum absolute atomic E-state index is 0.427. The molecule has 3 nitrogen and oxygen atoms in total. The van der Waals surface area contributed by atoms with E-state index in [4.69, 9.17) is 5.73 Å². The van der Waals surface area contributed by atoms with Crippen molar-refractivity contribution < 1.29 is 4.79 Å². The molecule has 1 amide bonds. The molecule has 0 aliphatic carbocycles. The Hall–Kier alpha value is -2.33. The van der Waals surface area contributed by atoms with Crippen molar-refractivity contribution in [2.24, 2.45) is 10.7 Å². The first-order valence-corrected chi connectivity index (χ1v) is 6.97. The molecule has 1 aliphatic heterocycles. The van der Waals surface area contributed by atoms with Gasteiger partial charge in [-0.2, -0.15) is 0 Å². The fourth-order valence-corrected chi connectivity index (χ4v) is 3.07. The number of aliphatic imine (C=N–C) groups is 1. The summed E-state index contributed by atoms with van der Waals surface area (Å²) in [5, 5.41) is 0. The van der Waals surface area contributed by atoms with Crippen LogP contribution >= 0.6 is 11.8 Å². The van der Waals surface area contributed by atoms with Gasteiger partial charge in [-0.05, 0) is 12.1 Å². The largest absolute Gasteiger partial charge is 0.366 e. The van der Waals surface area contributed by atoms with Crippen LogP contribution in [0.5, 0.6) is 0 Å². The number of primary amides is 1. The van der Waals surface area contributed by atoms with E-state index in [1.165, 1.54) is 0 Å². The minimum atomic E-state index is -0.427. The van der Waals surface area contributed by atoms with Crippen molar-refractivity contribution in [2.75, 3.05) is 0 Å². The number of fused-ring (bicyclic) bond motifs is 1. The van der Waals surface area contributed by atoms with Gasteiger partial charge in [0.15, 0.2) is 0 Å². The Morgan fingerprint density at radius 2 is 1.80 bits per heavy atom. The molecule has 0 saturated carbocycles. The highest BCUT2D eigenvalue weighted by Gasteiger charge is 2.15. The first-order valence-electron chi connectivity index (χ1n) is 6.15. The second-order valence-electron chi connectivity index (χ2n) is 4.32. The average molecular weight is 280 g/mol. The summed E-state index contributed by atoms with van der Waals surface area (Å²) >= 11 is 1.59. The van der Waals surface area contributed by atoms with E-state index >= 15 is 0 Å².